The third-order valence-corrected chi connectivity index (χ3v) is 4.57. The molecule has 3 heterocycles. The number of carbonyl (C=O) groups is 1. The van der Waals surface area contributed by atoms with Crippen molar-refractivity contribution in [2.45, 2.75) is 31.7 Å². The number of nitrogens with one attached hydrogen (secondary N) is 2. The van der Waals surface area contributed by atoms with Gasteiger partial charge in [0.2, 0.25) is 17.7 Å². The predicted molar refractivity (Wildman–Crippen MR) is 87.6 cm³/mol. The number of piperidine rings is 1. The van der Waals surface area contributed by atoms with Crippen LogP contribution in [-0.4, -0.2) is 55.2 Å². The lowest BCUT2D eigenvalue weighted by molar-refractivity contribution is -0.122. The summed E-state index contributed by atoms with van der Waals surface area (Å²) in [6.45, 7) is 3.48. The highest BCUT2D eigenvalue weighted by atomic mass is 16.5. The summed E-state index contributed by atoms with van der Waals surface area (Å²) in [5.41, 5.74) is 0. The molecule has 2 atom stereocenters. The summed E-state index contributed by atoms with van der Waals surface area (Å²) >= 11 is 0. The molecule has 1 aromatic heterocycles. The molecule has 0 aliphatic carbocycles. The quantitative estimate of drug-likeness (QED) is 0.826. The molecule has 2 N–H and O–H groups in total. The summed E-state index contributed by atoms with van der Waals surface area (Å²) < 4.78 is 5.17. The van der Waals surface area contributed by atoms with Gasteiger partial charge >= 0.3 is 0 Å². The monoisotopic (exact) mass is 319 g/mol. The molecule has 2 unspecified atom stereocenters. The molecule has 0 saturated carbocycles. The molecule has 7 nitrogen and oxygen atoms in total. The third-order valence-electron chi connectivity index (χ3n) is 4.57. The van der Waals surface area contributed by atoms with Gasteiger partial charge in [-0.25, -0.2) is 4.98 Å². The van der Waals surface area contributed by atoms with E-state index in [-0.39, 0.29) is 11.9 Å². The minimum absolute atomic E-state index is 0.00332. The molecule has 3 rings (SSSR count). The van der Waals surface area contributed by atoms with Gasteiger partial charge in [-0.3, -0.25) is 4.79 Å². The zero-order valence-corrected chi connectivity index (χ0v) is 13.6. The van der Waals surface area contributed by atoms with Gasteiger partial charge in [-0.05, 0) is 38.1 Å². The fourth-order valence-corrected chi connectivity index (χ4v) is 3.29. The zero-order chi connectivity index (χ0) is 16.1. The van der Waals surface area contributed by atoms with Crippen LogP contribution < -0.4 is 20.3 Å². The predicted octanol–water partition coefficient (Wildman–Crippen LogP) is 0.570. The van der Waals surface area contributed by atoms with Crippen molar-refractivity contribution in [2.75, 3.05) is 38.2 Å². The van der Waals surface area contributed by atoms with Crippen LogP contribution in [0.2, 0.25) is 0 Å². The molecule has 0 bridgehead atoms. The number of carbonyl (C=O) groups excluding carboxylic acids is 1. The first-order valence-electron chi connectivity index (χ1n) is 8.39. The molecule has 0 spiro atoms. The van der Waals surface area contributed by atoms with Gasteiger partial charge in [0, 0.05) is 31.9 Å². The molecule has 2 aliphatic rings. The smallest absolute Gasteiger partial charge is 0.237 e. The van der Waals surface area contributed by atoms with Gasteiger partial charge in [0.05, 0.1) is 13.2 Å². The Kier molecular flexibility index (Phi) is 5.27. The lowest BCUT2D eigenvalue weighted by atomic mass is 9.98. The van der Waals surface area contributed by atoms with Crippen molar-refractivity contribution in [1.82, 2.24) is 20.6 Å². The highest BCUT2D eigenvalue weighted by Gasteiger charge is 2.25. The Labute approximate surface area is 136 Å². The highest BCUT2D eigenvalue weighted by molar-refractivity contribution is 5.81. The first kappa shape index (κ1) is 16.0. The van der Waals surface area contributed by atoms with Gasteiger partial charge in [0.1, 0.15) is 0 Å². The second-order valence-corrected chi connectivity index (χ2v) is 6.25. The molecule has 2 saturated heterocycles. The second-order valence-electron chi connectivity index (χ2n) is 6.25. The van der Waals surface area contributed by atoms with Gasteiger partial charge in [-0.1, -0.05) is 0 Å². The fourth-order valence-electron chi connectivity index (χ4n) is 3.29. The molecule has 2 fully saturated rings. The van der Waals surface area contributed by atoms with E-state index in [0.717, 1.165) is 51.9 Å². The standard InChI is InChI=1S/C16H25N5O2/c1-23-14-6-8-18-16(20-14)21-9-3-4-12(11-21)10-19-15(22)13-5-2-7-17-13/h6,8,12-13,17H,2-5,7,9-11H2,1H3,(H,19,22). The van der Waals surface area contributed by atoms with E-state index in [4.69, 9.17) is 4.74 Å². The van der Waals surface area contributed by atoms with Crippen molar-refractivity contribution in [3.63, 3.8) is 0 Å². The van der Waals surface area contributed by atoms with E-state index in [1.807, 2.05) is 0 Å². The lowest BCUT2D eigenvalue weighted by Crippen LogP contribution is -2.45. The van der Waals surface area contributed by atoms with Crippen molar-refractivity contribution in [3.8, 4) is 5.88 Å². The molecule has 1 aromatic rings. The Morgan fingerprint density at radius 2 is 2.39 bits per heavy atom. The molecular weight excluding hydrogens is 294 g/mol. The van der Waals surface area contributed by atoms with E-state index in [9.17, 15) is 4.79 Å². The molecule has 1 amide bonds. The third kappa shape index (κ3) is 4.10. The number of hydrogen-bond donors (Lipinski definition) is 2. The van der Waals surface area contributed by atoms with Crippen molar-refractivity contribution in [1.29, 1.82) is 0 Å². The largest absolute Gasteiger partial charge is 0.481 e. The van der Waals surface area contributed by atoms with Crippen molar-refractivity contribution in [3.05, 3.63) is 12.3 Å². The van der Waals surface area contributed by atoms with Crippen LogP contribution in [0.15, 0.2) is 12.3 Å². The fraction of sp³-hybridized carbons (Fsp3) is 0.688. The maximum Gasteiger partial charge on any atom is 0.237 e. The van der Waals surface area contributed by atoms with Gasteiger partial charge in [0.25, 0.3) is 0 Å². The van der Waals surface area contributed by atoms with Gasteiger partial charge in [-0.2, -0.15) is 4.98 Å². The SMILES string of the molecule is COc1ccnc(N2CCCC(CNC(=O)C3CCCN3)C2)n1. The Bertz CT molecular complexity index is 533. The minimum atomic E-state index is -0.00332. The van der Waals surface area contributed by atoms with Crippen LogP contribution in [0, 0.1) is 5.92 Å². The van der Waals surface area contributed by atoms with Gasteiger partial charge in [0.15, 0.2) is 0 Å². The normalized spacial score (nSPS) is 24.5. The van der Waals surface area contributed by atoms with Crippen molar-refractivity contribution < 1.29 is 9.53 Å². The van der Waals surface area contributed by atoms with Crippen molar-refractivity contribution >= 4 is 11.9 Å². The Balaban J connectivity index is 1.52. The number of hydrogen-bond acceptors (Lipinski definition) is 6. The van der Waals surface area contributed by atoms with E-state index < -0.39 is 0 Å². The molecule has 23 heavy (non-hydrogen) atoms. The van der Waals surface area contributed by atoms with E-state index in [0.29, 0.717) is 17.7 Å². The number of ether oxygens (including phenoxy) is 1. The average Bonchev–Trinajstić information content (AvgIpc) is 3.15. The summed E-state index contributed by atoms with van der Waals surface area (Å²) in [4.78, 5) is 23.0. The van der Waals surface area contributed by atoms with E-state index >= 15 is 0 Å². The number of methoxy groups -OCH3 is 1. The maximum absolute atomic E-state index is 12.1. The van der Waals surface area contributed by atoms with Crippen molar-refractivity contribution in [2.24, 2.45) is 5.92 Å². The molecule has 0 aromatic carbocycles. The second kappa shape index (κ2) is 7.59. The van der Waals surface area contributed by atoms with Crippen LogP contribution >= 0.6 is 0 Å². The molecule has 126 valence electrons. The summed E-state index contributed by atoms with van der Waals surface area (Å²) in [6, 6.07) is 1.75. The molecule has 0 radical (unpaired) electrons. The first-order chi connectivity index (χ1) is 11.3. The number of aromatic nitrogens is 2. The molecule has 2 aliphatic heterocycles. The Morgan fingerprint density at radius 3 is 3.17 bits per heavy atom. The molecule has 7 heteroatoms. The first-order valence-corrected chi connectivity index (χ1v) is 8.39. The van der Waals surface area contributed by atoms with Gasteiger partial charge in [-0.15, -0.1) is 0 Å². The lowest BCUT2D eigenvalue weighted by Gasteiger charge is -2.33. The topological polar surface area (TPSA) is 79.4 Å². The zero-order valence-electron chi connectivity index (χ0n) is 13.6. The molecular formula is C16H25N5O2. The highest BCUT2D eigenvalue weighted by Crippen LogP contribution is 2.21. The number of nitrogens with zero attached hydrogens (tertiary/aromatic N) is 3. The van der Waals surface area contributed by atoms with E-state index in [1.165, 1.54) is 0 Å². The Hall–Kier alpha value is -1.89. The van der Waals surface area contributed by atoms with Crippen LogP contribution in [0.3, 0.4) is 0 Å². The van der Waals surface area contributed by atoms with Gasteiger partial charge < -0.3 is 20.3 Å². The van der Waals surface area contributed by atoms with Crippen LogP contribution in [0.25, 0.3) is 0 Å². The number of amides is 1. The number of rotatable bonds is 5. The summed E-state index contributed by atoms with van der Waals surface area (Å²) in [6.07, 6.45) is 5.96. The average molecular weight is 319 g/mol. The Morgan fingerprint density at radius 1 is 1.48 bits per heavy atom. The summed E-state index contributed by atoms with van der Waals surface area (Å²) in [5, 5.41) is 6.33. The van der Waals surface area contributed by atoms with Crippen LogP contribution in [0.4, 0.5) is 5.95 Å². The van der Waals surface area contributed by atoms with E-state index in [1.54, 1.807) is 19.4 Å². The van der Waals surface area contributed by atoms with Crippen LogP contribution in [-0.2, 0) is 4.79 Å². The summed E-state index contributed by atoms with van der Waals surface area (Å²) in [5.74, 6) is 1.86. The van der Waals surface area contributed by atoms with Crippen LogP contribution in [0.1, 0.15) is 25.7 Å². The van der Waals surface area contributed by atoms with E-state index in [2.05, 4.69) is 25.5 Å². The number of anilines is 1. The maximum atomic E-state index is 12.1. The van der Waals surface area contributed by atoms with Crippen LogP contribution in [0.5, 0.6) is 5.88 Å². The minimum Gasteiger partial charge on any atom is -0.481 e. The summed E-state index contributed by atoms with van der Waals surface area (Å²) in [7, 11) is 1.61.